The second-order valence-electron chi connectivity index (χ2n) is 4.59. The number of halogens is 3. The van der Waals surface area contributed by atoms with E-state index >= 15 is 0 Å². The maximum Gasteiger partial charge on any atom is 0.389 e. The Morgan fingerprint density at radius 2 is 2.05 bits per heavy atom. The summed E-state index contributed by atoms with van der Waals surface area (Å²) in [6, 6.07) is 1.63. The van der Waals surface area contributed by atoms with Crippen LogP contribution in [0.2, 0.25) is 0 Å². The summed E-state index contributed by atoms with van der Waals surface area (Å²) in [6.45, 7) is 0.422. The molecule has 8 heteroatoms. The van der Waals surface area contributed by atoms with Crippen molar-refractivity contribution in [1.29, 1.82) is 0 Å². The third kappa shape index (κ3) is 5.28. The minimum Gasteiger partial charge on any atom is -0.397 e. The zero-order chi connectivity index (χ0) is 15.3. The molecule has 0 saturated carbocycles. The van der Waals surface area contributed by atoms with E-state index in [0.29, 0.717) is 28.5 Å². The van der Waals surface area contributed by atoms with Gasteiger partial charge in [0.1, 0.15) is 4.88 Å². The summed E-state index contributed by atoms with van der Waals surface area (Å²) < 4.78 is 35.8. The Kier molecular flexibility index (Phi) is 5.67. The molecule has 0 aliphatic carbocycles. The number of nitrogens with zero attached hydrogens (tertiary/aromatic N) is 1. The van der Waals surface area contributed by atoms with Gasteiger partial charge in [0.2, 0.25) is 0 Å². The molecule has 0 aliphatic heterocycles. The number of carbonyl (C=O) groups is 1. The SMILES string of the molecule is CN(C)C(=O)c1sc(NCCCCC(F)(F)F)cc1N. The number of anilines is 2. The van der Waals surface area contributed by atoms with Crippen molar-refractivity contribution in [3.8, 4) is 0 Å². The van der Waals surface area contributed by atoms with Crippen LogP contribution in [0.4, 0.5) is 23.9 Å². The molecule has 0 radical (unpaired) electrons. The number of nitrogen functional groups attached to an aromatic ring is 1. The number of amides is 1. The molecule has 0 aromatic carbocycles. The molecule has 114 valence electrons. The molecule has 1 aromatic heterocycles. The maximum atomic E-state index is 11.9. The smallest absolute Gasteiger partial charge is 0.389 e. The van der Waals surface area contributed by atoms with Crippen molar-refractivity contribution in [3.63, 3.8) is 0 Å². The first kappa shape index (κ1) is 16.6. The van der Waals surface area contributed by atoms with Crippen molar-refractivity contribution in [2.45, 2.75) is 25.4 Å². The summed E-state index contributed by atoms with van der Waals surface area (Å²) in [6.07, 6.45) is -4.38. The highest BCUT2D eigenvalue weighted by molar-refractivity contribution is 7.18. The largest absolute Gasteiger partial charge is 0.397 e. The lowest BCUT2D eigenvalue weighted by atomic mass is 10.2. The summed E-state index contributed by atoms with van der Waals surface area (Å²) in [5.74, 6) is -0.183. The van der Waals surface area contributed by atoms with Gasteiger partial charge in [0.25, 0.3) is 5.91 Å². The Hall–Kier alpha value is -1.44. The Balaban J connectivity index is 2.42. The molecule has 0 aliphatic rings. The average Bonchev–Trinajstić information content (AvgIpc) is 2.67. The van der Waals surface area contributed by atoms with Crippen molar-refractivity contribution in [3.05, 3.63) is 10.9 Å². The van der Waals surface area contributed by atoms with E-state index in [4.69, 9.17) is 5.73 Å². The van der Waals surface area contributed by atoms with Gasteiger partial charge in [-0.1, -0.05) is 0 Å². The number of thiophene rings is 1. The Morgan fingerprint density at radius 1 is 1.40 bits per heavy atom. The first-order valence-corrected chi connectivity index (χ1v) is 6.94. The first-order valence-electron chi connectivity index (χ1n) is 6.12. The van der Waals surface area contributed by atoms with Crippen LogP contribution in [0.15, 0.2) is 6.07 Å². The molecule has 1 heterocycles. The molecule has 4 nitrogen and oxygen atoms in total. The van der Waals surface area contributed by atoms with E-state index in [1.807, 2.05) is 0 Å². The molecule has 3 N–H and O–H groups in total. The van der Waals surface area contributed by atoms with Crippen molar-refractivity contribution in [2.75, 3.05) is 31.7 Å². The molecule has 0 fully saturated rings. The van der Waals surface area contributed by atoms with Crippen LogP contribution in [-0.4, -0.2) is 37.6 Å². The summed E-state index contributed by atoms with van der Waals surface area (Å²) in [4.78, 5) is 13.6. The van der Waals surface area contributed by atoms with Gasteiger partial charge in [-0.2, -0.15) is 13.2 Å². The molecule has 20 heavy (non-hydrogen) atoms. The maximum absolute atomic E-state index is 11.9. The van der Waals surface area contributed by atoms with E-state index in [0.717, 1.165) is 0 Å². The molecular weight excluding hydrogens is 291 g/mol. The van der Waals surface area contributed by atoms with Gasteiger partial charge in [-0.3, -0.25) is 4.79 Å². The van der Waals surface area contributed by atoms with E-state index in [-0.39, 0.29) is 12.3 Å². The van der Waals surface area contributed by atoms with E-state index in [9.17, 15) is 18.0 Å². The lowest BCUT2D eigenvalue weighted by Crippen LogP contribution is -2.21. The summed E-state index contributed by atoms with van der Waals surface area (Å²) in [7, 11) is 3.26. The standard InChI is InChI=1S/C12H18F3N3OS/c1-18(2)11(19)10-8(16)7-9(20-10)17-6-4-3-5-12(13,14)15/h7,17H,3-6,16H2,1-2H3. The van der Waals surface area contributed by atoms with Gasteiger partial charge in [-0.15, -0.1) is 11.3 Å². The normalized spacial score (nSPS) is 11.4. The molecule has 1 aromatic rings. The fourth-order valence-electron chi connectivity index (χ4n) is 1.52. The molecule has 0 atom stereocenters. The topological polar surface area (TPSA) is 58.4 Å². The highest BCUT2D eigenvalue weighted by atomic mass is 32.1. The Bertz CT molecular complexity index is 457. The number of rotatable bonds is 6. The van der Waals surface area contributed by atoms with E-state index in [1.165, 1.54) is 16.2 Å². The van der Waals surface area contributed by atoms with Crippen LogP contribution in [0.1, 0.15) is 28.9 Å². The third-order valence-electron chi connectivity index (χ3n) is 2.55. The Morgan fingerprint density at radius 3 is 2.60 bits per heavy atom. The van der Waals surface area contributed by atoms with Crippen molar-refractivity contribution >= 4 is 27.9 Å². The van der Waals surface area contributed by atoms with E-state index < -0.39 is 12.6 Å². The second-order valence-corrected chi connectivity index (χ2v) is 5.65. The lowest BCUT2D eigenvalue weighted by Gasteiger charge is -2.08. The molecule has 0 spiro atoms. The van der Waals surface area contributed by atoms with Gasteiger partial charge in [-0.25, -0.2) is 0 Å². The monoisotopic (exact) mass is 309 g/mol. The molecule has 0 bridgehead atoms. The third-order valence-corrected chi connectivity index (χ3v) is 3.64. The number of nitrogens with two attached hydrogens (primary N) is 1. The minimum atomic E-state index is -4.10. The number of carbonyl (C=O) groups excluding carboxylic acids is 1. The molecule has 1 amide bonds. The van der Waals surface area contributed by atoms with Crippen LogP contribution >= 0.6 is 11.3 Å². The van der Waals surface area contributed by atoms with Gasteiger partial charge in [-0.05, 0) is 18.9 Å². The first-order chi connectivity index (χ1) is 9.20. The van der Waals surface area contributed by atoms with Crippen LogP contribution in [0.3, 0.4) is 0 Å². The molecular formula is C12H18F3N3OS. The van der Waals surface area contributed by atoms with Gasteiger partial charge in [0.05, 0.1) is 10.7 Å². The number of alkyl halides is 3. The zero-order valence-corrected chi connectivity index (χ0v) is 12.2. The highest BCUT2D eigenvalue weighted by Crippen LogP contribution is 2.30. The fraction of sp³-hybridized carbons (Fsp3) is 0.583. The number of hydrogen-bond acceptors (Lipinski definition) is 4. The van der Waals surface area contributed by atoms with Gasteiger partial charge in [0, 0.05) is 27.1 Å². The average molecular weight is 309 g/mol. The minimum absolute atomic E-state index is 0.0842. The van der Waals surface area contributed by atoms with Crippen LogP contribution < -0.4 is 11.1 Å². The summed E-state index contributed by atoms with van der Waals surface area (Å²) >= 11 is 1.21. The van der Waals surface area contributed by atoms with Crippen molar-refractivity contribution in [1.82, 2.24) is 4.90 Å². The number of hydrogen-bond donors (Lipinski definition) is 2. The highest BCUT2D eigenvalue weighted by Gasteiger charge is 2.25. The summed E-state index contributed by atoms with van der Waals surface area (Å²) in [5.41, 5.74) is 6.12. The molecule has 1 rings (SSSR count). The van der Waals surface area contributed by atoms with Gasteiger partial charge in [0.15, 0.2) is 0 Å². The second kappa shape index (κ2) is 6.83. The zero-order valence-electron chi connectivity index (χ0n) is 11.4. The van der Waals surface area contributed by atoms with Gasteiger partial charge < -0.3 is 16.0 Å². The van der Waals surface area contributed by atoms with E-state index in [1.54, 1.807) is 20.2 Å². The number of unbranched alkanes of at least 4 members (excludes halogenated alkanes) is 1. The number of nitrogens with one attached hydrogen (secondary N) is 1. The lowest BCUT2D eigenvalue weighted by molar-refractivity contribution is -0.135. The molecule has 0 saturated heterocycles. The summed E-state index contributed by atoms with van der Waals surface area (Å²) in [5, 5.41) is 3.68. The van der Waals surface area contributed by atoms with Crippen LogP contribution in [0.5, 0.6) is 0 Å². The van der Waals surface area contributed by atoms with Crippen LogP contribution in [-0.2, 0) is 0 Å². The predicted octanol–water partition coefficient (Wildman–Crippen LogP) is 3.18. The van der Waals surface area contributed by atoms with Crippen molar-refractivity contribution < 1.29 is 18.0 Å². The van der Waals surface area contributed by atoms with Crippen molar-refractivity contribution in [2.24, 2.45) is 0 Å². The van der Waals surface area contributed by atoms with Crippen LogP contribution in [0, 0.1) is 0 Å². The van der Waals surface area contributed by atoms with E-state index in [2.05, 4.69) is 5.32 Å². The Labute approximate surface area is 119 Å². The fourth-order valence-corrected chi connectivity index (χ4v) is 2.55. The van der Waals surface area contributed by atoms with Crippen LogP contribution in [0.25, 0.3) is 0 Å². The predicted molar refractivity (Wildman–Crippen MR) is 75.1 cm³/mol. The molecule has 0 unspecified atom stereocenters. The quantitative estimate of drug-likeness (QED) is 0.794. The van der Waals surface area contributed by atoms with Gasteiger partial charge >= 0.3 is 6.18 Å².